The first-order valence-electron chi connectivity index (χ1n) is 10.1. The number of nitrogens with one attached hydrogen (secondary N) is 2. The standard InChI is InChI=1S/C24H21ClF3N3O2/c25-18-13-11-17(12-14-18)22(32)31(19-7-2-1-3-8-19)16-6-15-29-23(33)30-21-10-5-4-9-20(21)24(26,27)28/h1-5,7-14H,6,15-16H2,(H2,29,30,33). The maximum atomic E-state index is 13.1. The Morgan fingerprint density at radius 2 is 1.52 bits per heavy atom. The fourth-order valence-corrected chi connectivity index (χ4v) is 3.28. The summed E-state index contributed by atoms with van der Waals surface area (Å²) in [6, 6.07) is 19.5. The van der Waals surface area contributed by atoms with Crippen molar-refractivity contribution in [2.75, 3.05) is 23.3 Å². The molecule has 0 saturated carbocycles. The van der Waals surface area contributed by atoms with E-state index in [1.54, 1.807) is 53.4 Å². The number of alkyl halides is 3. The van der Waals surface area contributed by atoms with Crippen LogP contribution in [0, 0.1) is 0 Å². The van der Waals surface area contributed by atoms with Crippen LogP contribution >= 0.6 is 11.6 Å². The summed E-state index contributed by atoms with van der Waals surface area (Å²) in [6.07, 6.45) is -4.20. The molecule has 172 valence electrons. The zero-order valence-corrected chi connectivity index (χ0v) is 18.2. The molecule has 9 heteroatoms. The number of carbonyl (C=O) groups excluding carboxylic acids is 2. The lowest BCUT2D eigenvalue weighted by molar-refractivity contribution is -0.136. The van der Waals surface area contributed by atoms with E-state index in [4.69, 9.17) is 11.6 Å². The number of para-hydroxylation sites is 2. The third-order valence-corrected chi connectivity index (χ3v) is 4.98. The van der Waals surface area contributed by atoms with Crippen LogP contribution in [0.1, 0.15) is 22.3 Å². The molecule has 0 bridgehead atoms. The van der Waals surface area contributed by atoms with Crippen molar-refractivity contribution in [2.24, 2.45) is 0 Å². The normalized spacial score (nSPS) is 11.0. The van der Waals surface area contributed by atoms with Gasteiger partial charge in [0.1, 0.15) is 0 Å². The van der Waals surface area contributed by atoms with E-state index in [9.17, 15) is 22.8 Å². The highest BCUT2D eigenvalue weighted by atomic mass is 35.5. The number of hydrogen-bond acceptors (Lipinski definition) is 2. The SMILES string of the molecule is O=C(NCCCN(C(=O)c1ccc(Cl)cc1)c1ccccc1)Nc1ccccc1C(F)(F)F. The van der Waals surface area contributed by atoms with Crippen LogP contribution in [0.25, 0.3) is 0 Å². The van der Waals surface area contributed by atoms with Crippen molar-refractivity contribution >= 4 is 34.9 Å². The maximum absolute atomic E-state index is 13.1. The van der Waals surface area contributed by atoms with Crippen molar-refractivity contribution in [3.63, 3.8) is 0 Å². The Labute approximate surface area is 194 Å². The van der Waals surface area contributed by atoms with Crippen LogP contribution in [0.4, 0.5) is 29.3 Å². The average molecular weight is 476 g/mol. The van der Waals surface area contributed by atoms with E-state index in [-0.39, 0.29) is 24.7 Å². The number of anilines is 2. The molecule has 0 aromatic heterocycles. The van der Waals surface area contributed by atoms with Crippen LogP contribution in [-0.4, -0.2) is 25.0 Å². The number of rotatable bonds is 7. The highest BCUT2D eigenvalue weighted by Crippen LogP contribution is 2.34. The number of urea groups is 1. The summed E-state index contributed by atoms with van der Waals surface area (Å²) in [7, 11) is 0. The Kier molecular flexibility index (Phi) is 7.95. The van der Waals surface area contributed by atoms with Gasteiger partial charge in [-0.05, 0) is 55.0 Å². The third kappa shape index (κ3) is 6.73. The van der Waals surface area contributed by atoms with Gasteiger partial charge >= 0.3 is 12.2 Å². The predicted molar refractivity (Wildman–Crippen MR) is 123 cm³/mol. The first-order valence-corrected chi connectivity index (χ1v) is 10.5. The Morgan fingerprint density at radius 1 is 0.879 bits per heavy atom. The Bertz CT molecular complexity index is 1090. The van der Waals surface area contributed by atoms with Gasteiger partial charge in [-0.1, -0.05) is 41.9 Å². The van der Waals surface area contributed by atoms with Gasteiger partial charge in [-0.3, -0.25) is 4.79 Å². The van der Waals surface area contributed by atoms with Crippen LogP contribution in [-0.2, 0) is 6.18 Å². The van der Waals surface area contributed by atoms with Crippen molar-refractivity contribution < 1.29 is 22.8 Å². The van der Waals surface area contributed by atoms with E-state index in [1.807, 2.05) is 6.07 Å². The first kappa shape index (κ1) is 24.1. The summed E-state index contributed by atoms with van der Waals surface area (Å²) in [5.41, 5.74) is -0.117. The molecule has 3 amide bonds. The van der Waals surface area contributed by atoms with Gasteiger partial charge in [0.25, 0.3) is 5.91 Å². The van der Waals surface area contributed by atoms with E-state index in [1.165, 1.54) is 18.2 Å². The summed E-state index contributed by atoms with van der Waals surface area (Å²) in [4.78, 5) is 26.7. The molecule has 0 saturated heterocycles. The van der Waals surface area contributed by atoms with Crippen LogP contribution in [0.5, 0.6) is 0 Å². The summed E-state index contributed by atoms with van der Waals surface area (Å²) in [5.74, 6) is -0.235. The van der Waals surface area contributed by atoms with E-state index in [0.717, 1.165) is 6.07 Å². The van der Waals surface area contributed by atoms with Gasteiger partial charge in [0, 0.05) is 29.4 Å². The van der Waals surface area contributed by atoms with Gasteiger partial charge in [0.05, 0.1) is 11.3 Å². The fourth-order valence-electron chi connectivity index (χ4n) is 3.15. The molecule has 0 fully saturated rings. The molecule has 0 spiro atoms. The van der Waals surface area contributed by atoms with Crippen molar-refractivity contribution in [3.05, 3.63) is 95.0 Å². The molecule has 0 aliphatic carbocycles. The highest BCUT2D eigenvalue weighted by Gasteiger charge is 2.33. The number of benzene rings is 3. The second-order valence-electron chi connectivity index (χ2n) is 7.08. The van der Waals surface area contributed by atoms with Crippen molar-refractivity contribution in [1.82, 2.24) is 5.32 Å². The second kappa shape index (κ2) is 10.9. The second-order valence-corrected chi connectivity index (χ2v) is 7.51. The molecule has 3 aromatic rings. The predicted octanol–water partition coefficient (Wildman–Crippen LogP) is 6.22. The molecular weight excluding hydrogens is 455 g/mol. The minimum absolute atomic E-state index is 0.150. The van der Waals surface area contributed by atoms with Crippen LogP contribution in [0.3, 0.4) is 0 Å². The summed E-state index contributed by atoms with van der Waals surface area (Å²) in [6.45, 7) is 0.433. The minimum Gasteiger partial charge on any atom is -0.338 e. The monoisotopic (exact) mass is 475 g/mol. The van der Waals surface area contributed by atoms with Crippen LogP contribution < -0.4 is 15.5 Å². The average Bonchev–Trinajstić information content (AvgIpc) is 2.79. The lowest BCUT2D eigenvalue weighted by Gasteiger charge is -2.23. The van der Waals surface area contributed by atoms with E-state index in [0.29, 0.717) is 22.7 Å². The van der Waals surface area contributed by atoms with E-state index in [2.05, 4.69) is 10.6 Å². The van der Waals surface area contributed by atoms with Crippen LogP contribution in [0.2, 0.25) is 5.02 Å². The van der Waals surface area contributed by atoms with Gasteiger partial charge in [-0.25, -0.2) is 4.79 Å². The highest BCUT2D eigenvalue weighted by molar-refractivity contribution is 6.30. The summed E-state index contributed by atoms with van der Waals surface area (Å²) >= 11 is 5.90. The molecule has 3 aromatic carbocycles. The van der Waals surface area contributed by atoms with Gasteiger partial charge in [0.2, 0.25) is 0 Å². The largest absolute Gasteiger partial charge is 0.418 e. The molecule has 5 nitrogen and oxygen atoms in total. The number of nitrogens with zero attached hydrogens (tertiary/aromatic N) is 1. The number of carbonyl (C=O) groups is 2. The fraction of sp³-hybridized carbons (Fsp3) is 0.167. The van der Waals surface area contributed by atoms with Gasteiger partial charge in [0.15, 0.2) is 0 Å². The lowest BCUT2D eigenvalue weighted by atomic mass is 10.1. The molecule has 3 rings (SSSR count). The maximum Gasteiger partial charge on any atom is 0.418 e. The van der Waals surface area contributed by atoms with Crippen LogP contribution in [0.15, 0.2) is 78.9 Å². The number of amides is 3. The van der Waals surface area contributed by atoms with E-state index >= 15 is 0 Å². The summed E-state index contributed by atoms with van der Waals surface area (Å²) in [5, 5.41) is 5.27. The van der Waals surface area contributed by atoms with Gasteiger partial charge in [-0.15, -0.1) is 0 Å². The summed E-state index contributed by atoms with van der Waals surface area (Å²) < 4.78 is 39.2. The molecule has 0 aliphatic rings. The molecule has 0 heterocycles. The third-order valence-electron chi connectivity index (χ3n) is 4.73. The van der Waals surface area contributed by atoms with Crippen molar-refractivity contribution in [3.8, 4) is 0 Å². The quantitative estimate of drug-likeness (QED) is 0.399. The number of hydrogen-bond donors (Lipinski definition) is 2. The smallest absolute Gasteiger partial charge is 0.338 e. The molecule has 0 unspecified atom stereocenters. The molecule has 0 aliphatic heterocycles. The zero-order valence-electron chi connectivity index (χ0n) is 17.4. The lowest BCUT2D eigenvalue weighted by Crippen LogP contribution is -2.35. The Balaban J connectivity index is 1.60. The topological polar surface area (TPSA) is 61.4 Å². The zero-order chi connectivity index (χ0) is 23.8. The van der Waals surface area contributed by atoms with Gasteiger partial charge in [-0.2, -0.15) is 13.2 Å². The van der Waals surface area contributed by atoms with Gasteiger partial charge < -0.3 is 15.5 Å². The molecule has 0 atom stereocenters. The Morgan fingerprint density at radius 3 is 2.18 bits per heavy atom. The first-order chi connectivity index (χ1) is 15.8. The van der Waals surface area contributed by atoms with E-state index < -0.39 is 17.8 Å². The minimum atomic E-state index is -4.58. The number of halogens is 4. The molecular formula is C24H21ClF3N3O2. The molecule has 2 N–H and O–H groups in total. The Hall–Kier alpha value is -3.52. The van der Waals surface area contributed by atoms with Crippen molar-refractivity contribution in [1.29, 1.82) is 0 Å². The molecule has 0 radical (unpaired) electrons. The van der Waals surface area contributed by atoms with Crippen molar-refractivity contribution in [2.45, 2.75) is 12.6 Å². The molecule has 33 heavy (non-hydrogen) atoms.